The van der Waals surface area contributed by atoms with Gasteiger partial charge in [0.15, 0.2) is 0 Å². The molecule has 0 spiro atoms. The van der Waals surface area contributed by atoms with E-state index in [0.717, 1.165) is 39.4 Å². The molecule has 6 nitrogen and oxygen atoms in total. The molecule has 2 N–H and O–H groups in total. The van der Waals surface area contributed by atoms with Crippen LogP contribution in [-0.2, 0) is 16.0 Å². The zero-order valence-corrected chi connectivity index (χ0v) is 15.7. The molecule has 3 heterocycles. The molecule has 0 radical (unpaired) electrons. The fourth-order valence-corrected chi connectivity index (χ4v) is 3.84. The van der Waals surface area contributed by atoms with Crippen LogP contribution in [0.2, 0.25) is 0 Å². The topological polar surface area (TPSA) is 80.4 Å². The third-order valence-electron chi connectivity index (χ3n) is 5.32. The fourth-order valence-electron chi connectivity index (χ4n) is 3.84. The van der Waals surface area contributed by atoms with E-state index in [9.17, 15) is 9.59 Å². The van der Waals surface area contributed by atoms with Gasteiger partial charge in [0, 0.05) is 29.6 Å². The number of anilines is 1. The van der Waals surface area contributed by atoms with Crippen molar-refractivity contribution in [3.63, 3.8) is 0 Å². The highest BCUT2D eigenvalue weighted by atomic mass is 16.5. The van der Waals surface area contributed by atoms with Crippen molar-refractivity contribution >= 4 is 29.2 Å². The maximum Gasteiger partial charge on any atom is 0.339 e. The van der Waals surface area contributed by atoms with E-state index >= 15 is 0 Å². The van der Waals surface area contributed by atoms with Crippen LogP contribution in [0.3, 0.4) is 0 Å². The molecule has 1 aromatic heterocycles. The second-order valence-electron chi connectivity index (χ2n) is 6.98. The Labute approximate surface area is 167 Å². The highest BCUT2D eigenvalue weighted by Gasteiger charge is 2.27. The van der Waals surface area contributed by atoms with E-state index in [4.69, 9.17) is 9.47 Å². The number of hydrogen-bond donors (Lipinski definition) is 2. The van der Waals surface area contributed by atoms with Gasteiger partial charge in [0.2, 0.25) is 0 Å². The van der Waals surface area contributed by atoms with E-state index in [2.05, 4.69) is 10.3 Å². The van der Waals surface area contributed by atoms with Crippen LogP contribution in [0.1, 0.15) is 27.2 Å². The lowest BCUT2D eigenvalue weighted by Gasteiger charge is -2.12. The molecule has 0 saturated carbocycles. The molecule has 2 aromatic carbocycles. The monoisotopic (exact) mass is 386 g/mol. The van der Waals surface area contributed by atoms with Gasteiger partial charge in [0.25, 0.3) is 5.91 Å². The first-order valence-corrected chi connectivity index (χ1v) is 9.33. The number of amides is 1. The number of ether oxygens (including phenoxy) is 2. The molecule has 0 bridgehead atoms. The molecule has 144 valence electrons. The van der Waals surface area contributed by atoms with Crippen LogP contribution in [0.5, 0.6) is 5.75 Å². The minimum absolute atomic E-state index is 0.162. The largest absolute Gasteiger partial charge is 0.497 e. The van der Waals surface area contributed by atoms with Crippen LogP contribution in [0.25, 0.3) is 22.8 Å². The van der Waals surface area contributed by atoms with Crippen LogP contribution in [0, 0.1) is 0 Å². The summed E-state index contributed by atoms with van der Waals surface area (Å²) >= 11 is 0. The molecule has 6 heteroatoms. The third-order valence-corrected chi connectivity index (χ3v) is 5.32. The summed E-state index contributed by atoms with van der Waals surface area (Å²) in [6, 6.07) is 13.7. The van der Waals surface area contributed by atoms with Crippen molar-refractivity contribution in [2.24, 2.45) is 0 Å². The Morgan fingerprint density at radius 3 is 2.79 bits per heavy atom. The Morgan fingerprint density at radius 2 is 1.93 bits per heavy atom. The summed E-state index contributed by atoms with van der Waals surface area (Å²) in [5.41, 5.74) is 6.37. The quantitative estimate of drug-likeness (QED) is 0.529. The molecule has 0 atom stereocenters. The van der Waals surface area contributed by atoms with Gasteiger partial charge < -0.3 is 19.8 Å². The van der Waals surface area contributed by atoms with Crippen molar-refractivity contribution in [3.8, 4) is 16.9 Å². The number of fused-ring (bicyclic) bond motifs is 2. The van der Waals surface area contributed by atoms with Crippen LogP contribution in [0.4, 0.5) is 5.69 Å². The Bertz CT molecular complexity index is 1190. The first kappa shape index (κ1) is 17.3. The predicted molar refractivity (Wildman–Crippen MR) is 110 cm³/mol. The molecule has 2 aliphatic heterocycles. The van der Waals surface area contributed by atoms with Gasteiger partial charge in [-0.25, -0.2) is 4.79 Å². The van der Waals surface area contributed by atoms with Crippen molar-refractivity contribution in [3.05, 3.63) is 71.0 Å². The summed E-state index contributed by atoms with van der Waals surface area (Å²) in [5.74, 6) is 0.290. The number of aromatic amines is 1. The lowest BCUT2D eigenvalue weighted by Crippen LogP contribution is -2.16. The van der Waals surface area contributed by atoms with Gasteiger partial charge in [-0.15, -0.1) is 0 Å². The molecule has 0 saturated heterocycles. The smallest absolute Gasteiger partial charge is 0.339 e. The number of esters is 1. The maximum atomic E-state index is 12.6. The van der Waals surface area contributed by atoms with Gasteiger partial charge in [-0.3, -0.25) is 4.79 Å². The van der Waals surface area contributed by atoms with Gasteiger partial charge in [-0.1, -0.05) is 24.3 Å². The minimum atomic E-state index is -0.327. The third kappa shape index (κ3) is 2.89. The average molecular weight is 386 g/mol. The van der Waals surface area contributed by atoms with Crippen molar-refractivity contribution < 1.29 is 19.1 Å². The predicted octanol–water partition coefficient (Wildman–Crippen LogP) is 3.90. The zero-order chi connectivity index (χ0) is 20.0. The van der Waals surface area contributed by atoms with Crippen molar-refractivity contribution in [1.29, 1.82) is 0 Å². The summed E-state index contributed by atoms with van der Waals surface area (Å²) < 4.78 is 10.4. The van der Waals surface area contributed by atoms with Gasteiger partial charge in [-0.2, -0.15) is 0 Å². The van der Waals surface area contributed by atoms with Crippen LogP contribution in [-0.4, -0.2) is 30.6 Å². The summed E-state index contributed by atoms with van der Waals surface area (Å²) in [5, 5.41) is 2.94. The first-order valence-electron chi connectivity index (χ1n) is 9.33. The molecule has 0 fully saturated rings. The molecule has 0 unspecified atom stereocenters. The van der Waals surface area contributed by atoms with E-state index < -0.39 is 0 Å². The van der Waals surface area contributed by atoms with E-state index in [0.29, 0.717) is 24.2 Å². The average Bonchev–Trinajstić information content (AvgIpc) is 3.30. The Kier molecular flexibility index (Phi) is 3.98. The molecule has 2 aliphatic rings. The van der Waals surface area contributed by atoms with Gasteiger partial charge in [0.1, 0.15) is 5.75 Å². The van der Waals surface area contributed by atoms with E-state index in [1.165, 1.54) is 0 Å². The second-order valence-corrected chi connectivity index (χ2v) is 6.98. The van der Waals surface area contributed by atoms with Gasteiger partial charge in [0.05, 0.1) is 24.9 Å². The number of aromatic nitrogens is 1. The molecule has 3 aromatic rings. The van der Waals surface area contributed by atoms with Crippen LogP contribution < -0.4 is 10.1 Å². The zero-order valence-electron chi connectivity index (χ0n) is 15.7. The number of rotatable bonds is 3. The number of nitrogens with one attached hydrogen (secondary N) is 2. The summed E-state index contributed by atoms with van der Waals surface area (Å²) in [6.07, 6.45) is 4.08. The van der Waals surface area contributed by atoms with E-state index in [1.807, 2.05) is 48.5 Å². The summed E-state index contributed by atoms with van der Waals surface area (Å²) in [6.45, 7) is 0.354. The van der Waals surface area contributed by atoms with E-state index in [1.54, 1.807) is 13.3 Å². The molecular weight excluding hydrogens is 368 g/mol. The Balaban J connectivity index is 1.53. The highest BCUT2D eigenvalue weighted by Crippen LogP contribution is 2.37. The number of carbonyl (C=O) groups excluding carboxylic acids is 2. The van der Waals surface area contributed by atoms with Crippen LogP contribution in [0.15, 0.2) is 48.7 Å². The lowest BCUT2D eigenvalue weighted by molar-refractivity contribution is -0.110. The molecule has 1 amide bonds. The van der Waals surface area contributed by atoms with Crippen molar-refractivity contribution in [2.45, 2.75) is 6.42 Å². The highest BCUT2D eigenvalue weighted by molar-refractivity contribution is 6.35. The molecular formula is C23H18N2O4. The van der Waals surface area contributed by atoms with Crippen molar-refractivity contribution in [2.75, 3.05) is 19.0 Å². The lowest BCUT2D eigenvalue weighted by atomic mass is 9.98. The molecule has 29 heavy (non-hydrogen) atoms. The normalized spacial score (nSPS) is 16.2. The van der Waals surface area contributed by atoms with Crippen molar-refractivity contribution in [1.82, 2.24) is 4.98 Å². The van der Waals surface area contributed by atoms with Gasteiger partial charge in [-0.05, 0) is 41.0 Å². The summed E-state index contributed by atoms with van der Waals surface area (Å²) in [7, 11) is 1.64. The first-order chi connectivity index (χ1) is 14.1. The Hall–Kier alpha value is -3.80. The standard InChI is InChI=1S/C23H18N2O4/c1-28-15-4-2-3-13(9-15)14-5-6-16-18(22(26)25-21(16)10-14)11-20-17-7-8-29-23(27)19(17)12-24-20/h2-6,9-12,24H,7-8H2,1H3,(H,25,26). The SMILES string of the molecule is COc1cccc(-c2ccc3c(c2)NC(=O)C3=Cc2[nH]cc3c2CCOC3=O)c1. The number of H-pyrrole nitrogens is 1. The number of carbonyl (C=O) groups is 2. The molecule has 0 aliphatic carbocycles. The summed E-state index contributed by atoms with van der Waals surface area (Å²) in [4.78, 5) is 27.6. The maximum absolute atomic E-state index is 12.6. The number of cyclic esters (lactones) is 1. The number of methoxy groups -OCH3 is 1. The minimum Gasteiger partial charge on any atom is -0.497 e. The number of hydrogen-bond acceptors (Lipinski definition) is 4. The van der Waals surface area contributed by atoms with E-state index in [-0.39, 0.29) is 11.9 Å². The van der Waals surface area contributed by atoms with Crippen LogP contribution >= 0.6 is 0 Å². The van der Waals surface area contributed by atoms with Gasteiger partial charge >= 0.3 is 5.97 Å². The second kappa shape index (κ2) is 6.67. The Morgan fingerprint density at radius 1 is 1.07 bits per heavy atom. The fraction of sp³-hybridized carbons (Fsp3) is 0.130. The number of benzene rings is 2. The molecule has 5 rings (SSSR count).